The molecule has 4 heteroatoms. The molecule has 2 heterocycles. The lowest BCUT2D eigenvalue weighted by atomic mass is 10.3. The maximum Gasteiger partial charge on any atom is 0.169 e. The van der Waals surface area contributed by atoms with E-state index < -0.39 is 0 Å². The molecule has 12 heavy (non-hydrogen) atoms. The number of hydrogen-bond donors (Lipinski definition) is 0. The quantitative estimate of drug-likeness (QED) is 0.748. The van der Waals surface area contributed by atoms with Crippen LogP contribution in [0.25, 0.3) is 11.3 Å². The topological polar surface area (TPSA) is 38.9 Å². The molecule has 3 nitrogen and oxygen atoms in total. The normalized spacial score (nSPS) is 10.1. The summed E-state index contributed by atoms with van der Waals surface area (Å²) < 4.78 is 6.02. The SMILES string of the molecule is Brc1ccc(-c2cncnc2)o1. The van der Waals surface area contributed by atoms with Crippen LogP contribution in [0.5, 0.6) is 0 Å². The van der Waals surface area contributed by atoms with Gasteiger partial charge in [0, 0.05) is 12.4 Å². The molecule has 0 radical (unpaired) electrons. The van der Waals surface area contributed by atoms with E-state index in [1.54, 1.807) is 12.4 Å². The third-order valence-electron chi connectivity index (χ3n) is 1.42. The standard InChI is InChI=1S/C8H5BrN2O/c9-8-2-1-7(12-8)6-3-10-5-11-4-6/h1-5H. The third-order valence-corrected chi connectivity index (χ3v) is 1.84. The summed E-state index contributed by atoms with van der Waals surface area (Å²) in [5.74, 6) is 0.766. The van der Waals surface area contributed by atoms with Gasteiger partial charge in [-0.1, -0.05) is 0 Å². The maximum absolute atomic E-state index is 5.31. The predicted octanol–water partition coefficient (Wildman–Crippen LogP) is 2.50. The zero-order chi connectivity index (χ0) is 8.39. The van der Waals surface area contributed by atoms with Gasteiger partial charge in [0.1, 0.15) is 12.1 Å². The van der Waals surface area contributed by atoms with Gasteiger partial charge in [-0.15, -0.1) is 0 Å². The molecule has 60 valence electrons. The Morgan fingerprint density at radius 1 is 1.17 bits per heavy atom. The number of furan rings is 1. The Hall–Kier alpha value is -1.16. The van der Waals surface area contributed by atoms with Crippen LogP contribution in [0.4, 0.5) is 0 Å². The Bertz CT molecular complexity index is 372. The Morgan fingerprint density at radius 2 is 1.92 bits per heavy atom. The van der Waals surface area contributed by atoms with Crippen LogP contribution in [0, 0.1) is 0 Å². The summed E-state index contributed by atoms with van der Waals surface area (Å²) in [5, 5.41) is 0. The summed E-state index contributed by atoms with van der Waals surface area (Å²) >= 11 is 3.22. The number of halogens is 1. The molecule has 0 fully saturated rings. The second-order valence-electron chi connectivity index (χ2n) is 2.23. The summed E-state index contributed by atoms with van der Waals surface area (Å²) in [5.41, 5.74) is 0.878. The van der Waals surface area contributed by atoms with Gasteiger partial charge < -0.3 is 4.42 Å². The lowest BCUT2D eigenvalue weighted by Gasteiger charge is -1.91. The van der Waals surface area contributed by atoms with E-state index in [1.165, 1.54) is 6.33 Å². The fourth-order valence-electron chi connectivity index (χ4n) is 0.896. The predicted molar refractivity (Wildman–Crippen MR) is 47.4 cm³/mol. The van der Waals surface area contributed by atoms with E-state index in [1.807, 2.05) is 12.1 Å². The van der Waals surface area contributed by atoms with Gasteiger partial charge in [0.2, 0.25) is 0 Å². The summed E-state index contributed by atoms with van der Waals surface area (Å²) in [6.45, 7) is 0. The van der Waals surface area contributed by atoms with Crippen molar-refractivity contribution < 1.29 is 4.42 Å². The molecule has 0 N–H and O–H groups in total. The van der Waals surface area contributed by atoms with Crippen LogP contribution in [0.15, 0.2) is 39.9 Å². The molecular formula is C8H5BrN2O. The van der Waals surface area contributed by atoms with Crippen molar-refractivity contribution in [3.63, 3.8) is 0 Å². The highest BCUT2D eigenvalue weighted by atomic mass is 79.9. The lowest BCUT2D eigenvalue weighted by molar-refractivity contribution is 0.555. The van der Waals surface area contributed by atoms with Gasteiger partial charge in [-0.3, -0.25) is 0 Å². The van der Waals surface area contributed by atoms with Crippen LogP contribution in [0.2, 0.25) is 0 Å². The van der Waals surface area contributed by atoms with E-state index in [2.05, 4.69) is 25.9 Å². The average Bonchev–Trinajstić information content (AvgIpc) is 2.54. The Balaban J connectivity index is 2.45. The Kier molecular flexibility index (Phi) is 1.91. The second kappa shape index (κ2) is 3.06. The van der Waals surface area contributed by atoms with Gasteiger partial charge in [0.25, 0.3) is 0 Å². The molecule has 0 saturated heterocycles. The van der Waals surface area contributed by atoms with Crippen LogP contribution in [-0.2, 0) is 0 Å². The fraction of sp³-hybridized carbons (Fsp3) is 0. The first-order chi connectivity index (χ1) is 5.86. The summed E-state index contributed by atoms with van der Waals surface area (Å²) in [6, 6.07) is 3.70. The van der Waals surface area contributed by atoms with Crippen LogP contribution in [-0.4, -0.2) is 9.97 Å². The molecule has 0 bridgehead atoms. The van der Waals surface area contributed by atoms with E-state index in [-0.39, 0.29) is 0 Å². The van der Waals surface area contributed by atoms with E-state index >= 15 is 0 Å². The Labute approximate surface area is 77.6 Å². The molecule has 2 aromatic rings. The Morgan fingerprint density at radius 3 is 2.50 bits per heavy atom. The van der Waals surface area contributed by atoms with E-state index in [4.69, 9.17) is 4.42 Å². The second-order valence-corrected chi connectivity index (χ2v) is 3.01. The first kappa shape index (κ1) is 7.49. The minimum absolute atomic E-state index is 0.710. The highest BCUT2D eigenvalue weighted by molar-refractivity contribution is 9.10. The molecule has 0 aliphatic heterocycles. The van der Waals surface area contributed by atoms with E-state index in [9.17, 15) is 0 Å². The molecule has 0 saturated carbocycles. The van der Waals surface area contributed by atoms with Gasteiger partial charge >= 0.3 is 0 Å². The fourth-order valence-corrected chi connectivity index (χ4v) is 1.20. The van der Waals surface area contributed by atoms with Crippen LogP contribution >= 0.6 is 15.9 Å². The number of rotatable bonds is 1. The van der Waals surface area contributed by atoms with Gasteiger partial charge in [-0.05, 0) is 28.1 Å². The molecule has 0 unspecified atom stereocenters. The smallest absolute Gasteiger partial charge is 0.169 e. The number of nitrogens with zero attached hydrogens (tertiary/aromatic N) is 2. The number of aromatic nitrogens is 2. The minimum Gasteiger partial charge on any atom is -0.449 e. The lowest BCUT2D eigenvalue weighted by Crippen LogP contribution is -1.78. The minimum atomic E-state index is 0.710. The van der Waals surface area contributed by atoms with Crippen LogP contribution in [0.1, 0.15) is 0 Å². The van der Waals surface area contributed by atoms with Crippen molar-refractivity contribution in [2.24, 2.45) is 0 Å². The van der Waals surface area contributed by atoms with Crippen molar-refractivity contribution in [2.75, 3.05) is 0 Å². The highest BCUT2D eigenvalue weighted by Gasteiger charge is 2.01. The molecule has 0 atom stereocenters. The van der Waals surface area contributed by atoms with Gasteiger partial charge in [-0.25, -0.2) is 9.97 Å². The molecule has 0 aromatic carbocycles. The maximum atomic E-state index is 5.31. The molecule has 2 aromatic heterocycles. The summed E-state index contributed by atoms with van der Waals surface area (Å²) in [6.07, 6.45) is 4.90. The largest absolute Gasteiger partial charge is 0.449 e. The van der Waals surface area contributed by atoms with Crippen molar-refractivity contribution in [1.82, 2.24) is 9.97 Å². The van der Waals surface area contributed by atoms with Gasteiger partial charge in [-0.2, -0.15) is 0 Å². The third kappa shape index (κ3) is 1.38. The first-order valence-electron chi connectivity index (χ1n) is 3.37. The first-order valence-corrected chi connectivity index (χ1v) is 4.16. The van der Waals surface area contributed by atoms with E-state index in [0.29, 0.717) is 4.67 Å². The van der Waals surface area contributed by atoms with Crippen LogP contribution in [0.3, 0.4) is 0 Å². The van der Waals surface area contributed by atoms with Gasteiger partial charge in [0.05, 0.1) is 5.56 Å². The van der Waals surface area contributed by atoms with Crippen molar-refractivity contribution in [2.45, 2.75) is 0 Å². The molecule has 0 aliphatic carbocycles. The van der Waals surface area contributed by atoms with Gasteiger partial charge in [0.15, 0.2) is 4.67 Å². The molecule has 2 rings (SSSR count). The molecule has 0 spiro atoms. The van der Waals surface area contributed by atoms with E-state index in [0.717, 1.165) is 11.3 Å². The van der Waals surface area contributed by atoms with Crippen LogP contribution < -0.4 is 0 Å². The summed E-state index contributed by atoms with van der Waals surface area (Å²) in [4.78, 5) is 7.77. The molecule has 0 amide bonds. The zero-order valence-electron chi connectivity index (χ0n) is 6.07. The van der Waals surface area contributed by atoms with Crippen molar-refractivity contribution >= 4 is 15.9 Å². The highest BCUT2D eigenvalue weighted by Crippen LogP contribution is 2.23. The monoisotopic (exact) mass is 224 g/mol. The zero-order valence-corrected chi connectivity index (χ0v) is 7.65. The average molecular weight is 225 g/mol. The van der Waals surface area contributed by atoms with Crippen molar-refractivity contribution in [1.29, 1.82) is 0 Å². The number of hydrogen-bond acceptors (Lipinski definition) is 3. The van der Waals surface area contributed by atoms with Crippen molar-refractivity contribution in [3.8, 4) is 11.3 Å². The molecule has 0 aliphatic rings. The van der Waals surface area contributed by atoms with Crippen molar-refractivity contribution in [3.05, 3.63) is 35.5 Å². The molecular weight excluding hydrogens is 220 g/mol. The summed E-state index contributed by atoms with van der Waals surface area (Å²) in [7, 11) is 0.